The van der Waals surface area contributed by atoms with Crippen molar-refractivity contribution in [2.24, 2.45) is 5.92 Å². The average Bonchev–Trinajstić information content (AvgIpc) is 2.71. The first-order valence-electron chi connectivity index (χ1n) is 7.12. The van der Waals surface area contributed by atoms with Crippen molar-refractivity contribution in [3.05, 3.63) is 0 Å². The molecule has 88 valence electrons. The first-order valence-corrected chi connectivity index (χ1v) is 7.12. The number of fused-ring (bicyclic) bond motifs is 1. The monoisotopic (exact) mass is 209 g/mol. The summed E-state index contributed by atoms with van der Waals surface area (Å²) in [5.41, 5.74) is 0. The number of hydrogen-bond donors (Lipinski definition) is 0. The fourth-order valence-electron chi connectivity index (χ4n) is 3.89. The molecular formula is C14H27N. The van der Waals surface area contributed by atoms with Gasteiger partial charge in [0.2, 0.25) is 0 Å². The third kappa shape index (κ3) is 2.38. The lowest BCUT2D eigenvalue weighted by molar-refractivity contribution is 0.0646. The Morgan fingerprint density at radius 3 is 2.53 bits per heavy atom. The molecule has 3 atom stereocenters. The summed E-state index contributed by atoms with van der Waals surface area (Å²) in [5, 5.41) is 0. The molecule has 0 spiro atoms. The van der Waals surface area contributed by atoms with E-state index in [1.54, 1.807) is 0 Å². The van der Waals surface area contributed by atoms with Gasteiger partial charge in [-0.05, 0) is 51.0 Å². The number of nitrogens with zero attached hydrogens (tertiary/aromatic N) is 1. The molecule has 0 saturated carbocycles. The normalized spacial score (nSPS) is 36.8. The highest BCUT2D eigenvalue weighted by atomic mass is 15.2. The first-order chi connectivity index (χ1) is 7.36. The van der Waals surface area contributed by atoms with Crippen LogP contribution in [0.1, 0.15) is 65.2 Å². The van der Waals surface area contributed by atoms with Crippen molar-refractivity contribution in [2.45, 2.75) is 77.3 Å². The summed E-state index contributed by atoms with van der Waals surface area (Å²) >= 11 is 0. The van der Waals surface area contributed by atoms with Crippen molar-refractivity contribution in [2.75, 3.05) is 6.54 Å². The zero-order valence-electron chi connectivity index (χ0n) is 10.5. The molecular weight excluding hydrogens is 182 g/mol. The van der Waals surface area contributed by atoms with Crippen LogP contribution in [-0.2, 0) is 0 Å². The van der Waals surface area contributed by atoms with Crippen molar-refractivity contribution < 1.29 is 0 Å². The quantitative estimate of drug-likeness (QED) is 0.680. The Kier molecular flexibility index (Phi) is 4.07. The van der Waals surface area contributed by atoms with Gasteiger partial charge in [0.15, 0.2) is 0 Å². The maximum Gasteiger partial charge on any atom is 0.0127 e. The van der Waals surface area contributed by atoms with Gasteiger partial charge in [-0.3, -0.25) is 4.90 Å². The van der Waals surface area contributed by atoms with Crippen molar-refractivity contribution in [3.8, 4) is 0 Å². The zero-order chi connectivity index (χ0) is 10.7. The molecule has 0 aliphatic carbocycles. The van der Waals surface area contributed by atoms with Crippen molar-refractivity contribution in [1.82, 2.24) is 4.90 Å². The van der Waals surface area contributed by atoms with Crippen LogP contribution in [0.3, 0.4) is 0 Å². The van der Waals surface area contributed by atoms with Gasteiger partial charge in [0, 0.05) is 12.1 Å². The molecule has 0 bridgehead atoms. The summed E-state index contributed by atoms with van der Waals surface area (Å²) in [7, 11) is 0. The van der Waals surface area contributed by atoms with Gasteiger partial charge >= 0.3 is 0 Å². The molecule has 0 amide bonds. The van der Waals surface area contributed by atoms with Gasteiger partial charge in [0.05, 0.1) is 0 Å². The van der Waals surface area contributed by atoms with Gasteiger partial charge in [-0.25, -0.2) is 0 Å². The molecule has 2 aliphatic heterocycles. The van der Waals surface area contributed by atoms with E-state index in [0.29, 0.717) is 0 Å². The van der Waals surface area contributed by atoms with E-state index in [1.807, 2.05) is 0 Å². The van der Waals surface area contributed by atoms with E-state index in [4.69, 9.17) is 0 Å². The Labute approximate surface area is 95.2 Å². The third-order valence-corrected chi connectivity index (χ3v) is 4.51. The lowest BCUT2D eigenvalue weighted by Gasteiger charge is -2.43. The second-order valence-electron chi connectivity index (χ2n) is 5.52. The number of piperidine rings is 1. The van der Waals surface area contributed by atoms with Crippen molar-refractivity contribution in [3.63, 3.8) is 0 Å². The second-order valence-corrected chi connectivity index (χ2v) is 5.52. The van der Waals surface area contributed by atoms with Gasteiger partial charge in [-0.1, -0.05) is 26.7 Å². The van der Waals surface area contributed by atoms with E-state index in [0.717, 1.165) is 18.0 Å². The molecule has 0 aromatic carbocycles. The van der Waals surface area contributed by atoms with Crippen LogP contribution < -0.4 is 0 Å². The standard InChI is InChI=1S/C14H27N/c1-3-6-12-9-10-13(7-4-2)15-11-5-8-14(12)15/h12-14H,3-11H2,1-2H3/t12-,13-,14+/m1/s1. The van der Waals surface area contributed by atoms with E-state index in [1.165, 1.54) is 57.9 Å². The first kappa shape index (κ1) is 11.4. The SMILES string of the molecule is CCC[C@@H]1CC[C@@H](CCC)N2CCC[C@@H]12. The van der Waals surface area contributed by atoms with Gasteiger partial charge in [-0.15, -0.1) is 0 Å². The van der Waals surface area contributed by atoms with Gasteiger partial charge < -0.3 is 0 Å². The predicted molar refractivity (Wildman–Crippen MR) is 66.1 cm³/mol. The highest BCUT2D eigenvalue weighted by Gasteiger charge is 2.38. The Morgan fingerprint density at radius 2 is 1.80 bits per heavy atom. The molecule has 2 heterocycles. The topological polar surface area (TPSA) is 3.24 Å². The molecule has 2 saturated heterocycles. The van der Waals surface area contributed by atoms with Crippen LogP contribution in [0, 0.1) is 5.92 Å². The van der Waals surface area contributed by atoms with Gasteiger partial charge in [0.1, 0.15) is 0 Å². The Morgan fingerprint density at radius 1 is 1.00 bits per heavy atom. The molecule has 0 radical (unpaired) electrons. The summed E-state index contributed by atoms with van der Waals surface area (Å²) in [4.78, 5) is 2.87. The van der Waals surface area contributed by atoms with E-state index in [-0.39, 0.29) is 0 Å². The minimum Gasteiger partial charge on any atom is -0.297 e. The van der Waals surface area contributed by atoms with Crippen LogP contribution >= 0.6 is 0 Å². The summed E-state index contributed by atoms with van der Waals surface area (Å²) in [6.07, 6.45) is 11.6. The average molecular weight is 209 g/mol. The number of hydrogen-bond acceptors (Lipinski definition) is 1. The summed E-state index contributed by atoms with van der Waals surface area (Å²) in [5.74, 6) is 1.03. The fourth-order valence-corrected chi connectivity index (χ4v) is 3.89. The van der Waals surface area contributed by atoms with Crippen molar-refractivity contribution >= 4 is 0 Å². The zero-order valence-corrected chi connectivity index (χ0v) is 10.5. The van der Waals surface area contributed by atoms with Crippen LogP contribution in [-0.4, -0.2) is 23.5 Å². The van der Waals surface area contributed by atoms with Crippen LogP contribution in [0.15, 0.2) is 0 Å². The molecule has 0 aromatic heterocycles. The van der Waals surface area contributed by atoms with Crippen LogP contribution in [0.4, 0.5) is 0 Å². The van der Waals surface area contributed by atoms with Crippen LogP contribution in [0.2, 0.25) is 0 Å². The minimum absolute atomic E-state index is 0.940. The highest BCUT2D eigenvalue weighted by Crippen LogP contribution is 2.38. The van der Waals surface area contributed by atoms with E-state index in [2.05, 4.69) is 18.7 Å². The molecule has 0 unspecified atom stereocenters. The molecule has 2 rings (SSSR count). The fraction of sp³-hybridized carbons (Fsp3) is 1.00. The minimum atomic E-state index is 0.940. The van der Waals surface area contributed by atoms with E-state index < -0.39 is 0 Å². The lowest BCUT2D eigenvalue weighted by Crippen LogP contribution is -2.47. The lowest BCUT2D eigenvalue weighted by atomic mass is 9.82. The molecule has 1 heteroatoms. The maximum atomic E-state index is 2.87. The molecule has 2 fully saturated rings. The summed E-state index contributed by atoms with van der Waals surface area (Å²) < 4.78 is 0. The van der Waals surface area contributed by atoms with Gasteiger partial charge in [-0.2, -0.15) is 0 Å². The number of rotatable bonds is 4. The van der Waals surface area contributed by atoms with Gasteiger partial charge in [0.25, 0.3) is 0 Å². The molecule has 1 nitrogen and oxygen atoms in total. The second kappa shape index (κ2) is 5.34. The molecule has 0 N–H and O–H groups in total. The molecule has 2 aliphatic rings. The van der Waals surface area contributed by atoms with Crippen LogP contribution in [0.5, 0.6) is 0 Å². The Balaban J connectivity index is 1.96. The third-order valence-electron chi connectivity index (χ3n) is 4.51. The van der Waals surface area contributed by atoms with Crippen LogP contribution in [0.25, 0.3) is 0 Å². The summed E-state index contributed by atoms with van der Waals surface area (Å²) in [6.45, 7) is 6.08. The molecule has 15 heavy (non-hydrogen) atoms. The Bertz CT molecular complexity index is 170. The molecule has 0 aromatic rings. The highest BCUT2D eigenvalue weighted by molar-refractivity contribution is 4.93. The summed E-state index contributed by atoms with van der Waals surface area (Å²) in [6, 6.07) is 1.91. The predicted octanol–water partition coefficient (Wildman–Crippen LogP) is 3.83. The Hall–Kier alpha value is -0.0400. The maximum absolute atomic E-state index is 2.87. The van der Waals surface area contributed by atoms with E-state index >= 15 is 0 Å². The largest absolute Gasteiger partial charge is 0.297 e. The van der Waals surface area contributed by atoms with Crippen molar-refractivity contribution in [1.29, 1.82) is 0 Å². The van der Waals surface area contributed by atoms with E-state index in [9.17, 15) is 0 Å². The smallest absolute Gasteiger partial charge is 0.0127 e.